The molecule has 4 rings (SSSR count). The van der Waals surface area contributed by atoms with E-state index in [1.807, 2.05) is 6.07 Å². The van der Waals surface area contributed by atoms with E-state index in [0.29, 0.717) is 24.2 Å². The van der Waals surface area contributed by atoms with Gasteiger partial charge < -0.3 is 11.1 Å². The zero-order valence-electron chi connectivity index (χ0n) is 18.7. The molecule has 1 aliphatic heterocycles. The van der Waals surface area contributed by atoms with E-state index < -0.39 is 18.8 Å². The number of fused-ring (bicyclic) bond motifs is 1. The van der Waals surface area contributed by atoms with Gasteiger partial charge in [-0.05, 0) is 31.9 Å². The lowest BCUT2D eigenvalue weighted by Crippen LogP contribution is -2.43. The number of nitrogen functional groups attached to an aromatic ring is 1. The largest absolute Gasteiger partial charge is 0.401 e. The molecule has 1 atom stereocenters. The quantitative estimate of drug-likeness (QED) is 0.537. The second kappa shape index (κ2) is 9.67. The Bertz CT molecular complexity index is 1350. The highest BCUT2D eigenvalue weighted by atomic mass is 35.5. The standard InChI is InChI=1S/C22H22ClF3N8O/c1-12(31-19-14(9-27)18(28)29-11-30-19)20-32-16-4-2-3-15(23)17(16)21(35)34(20)13-5-7-33(8-6-13)10-22(24,25)26/h2-4,11-13H,5-8,10H2,1H3,(H3,28,29,30,31). The molecular formula is C22H22ClF3N8O. The average molecular weight is 507 g/mol. The zero-order valence-corrected chi connectivity index (χ0v) is 19.4. The van der Waals surface area contributed by atoms with Gasteiger partial charge in [-0.3, -0.25) is 14.3 Å². The maximum atomic E-state index is 13.6. The number of hydrogen-bond donors (Lipinski definition) is 2. The molecule has 0 radical (unpaired) electrons. The summed E-state index contributed by atoms with van der Waals surface area (Å²) >= 11 is 6.32. The second-order valence-corrected chi connectivity index (χ2v) is 8.77. The van der Waals surface area contributed by atoms with E-state index in [1.165, 1.54) is 15.8 Å². The maximum Gasteiger partial charge on any atom is 0.401 e. The zero-order chi connectivity index (χ0) is 25.3. The fourth-order valence-corrected chi connectivity index (χ4v) is 4.61. The van der Waals surface area contributed by atoms with Crippen LogP contribution in [0.1, 0.15) is 43.2 Å². The normalized spacial score (nSPS) is 16.2. The van der Waals surface area contributed by atoms with Crippen molar-refractivity contribution in [3.63, 3.8) is 0 Å². The summed E-state index contributed by atoms with van der Waals surface area (Å²) in [7, 11) is 0. The SMILES string of the molecule is CC(Nc1ncnc(N)c1C#N)c1nc2cccc(Cl)c2c(=O)n1C1CCN(CC(F)(F)F)CC1. The van der Waals surface area contributed by atoms with Crippen LogP contribution in [0.4, 0.5) is 24.8 Å². The molecule has 9 nitrogen and oxygen atoms in total. The molecule has 0 aliphatic carbocycles. The van der Waals surface area contributed by atoms with Crippen LogP contribution in [-0.4, -0.2) is 50.2 Å². The number of nitrogens with two attached hydrogens (primary N) is 1. The summed E-state index contributed by atoms with van der Waals surface area (Å²) in [5, 5.41) is 13.0. The van der Waals surface area contributed by atoms with Crippen LogP contribution in [0.25, 0.3) is 10.9 Å². The van der Waals surface area contributed by atoms with Gasteiger partial charge in [-0.1, -0.05) is 17.7 Å². The van der Waals surface area contributed by atoms with Crippen LogP contribution in [0.3, 0.4) is 0 Å². The van der Waals surface area contributed by atoms with Gasteiger partial charge in [0.15, 0.2) is 0 Å². The van der Waals surface area contributed by atoms with Crippen molar-refractivity contribution in [1.82, 2.24) is 24.4 Å². The molecule has 0 spiro atoms. The molecule has 1 saturated heterocycles. The molecule has 2 aromatic heterocycles. The third kappa shape index (κ3) is 5.16. The highest BCUT2D eigenvalue weighted by Crippen LogP contribution is 2.30. The second-order valence-electron chi connectivity index (χ2n) is 8.36. The summed E-state index contributed by atoms with van der Waals surface area (Å²) in [6.45, 7) is 1.11. The summed E-state index contributed by atoms with van der Waals surface area (Å²) in [5.41, 5.74) is 5.85. The van der Waals surface area contributed by atoms with Gasteiger partial charge in [-0.2, -0.15) is 18.4 Å². The van der Waals surface area contributed by atoms with Gasteiger partial charge in [0, 0.05) is 19.1 Å². The molecule has 3 aromatic rings. The Morgan fingerprint density at radius 1 is 1.31 bits per heavy atom. The molecule has 3 heterocycles. The van der Waals surface area contributed by atoms with E-state index in [2.05, 4.69) is 20.3 Å². The third-order valence-electron chi connectivity index (χ3n) is 5.96. The summed E-state index contributed by atoms with van der Waals surface area (Å²) < 4.78 is 40.0. The predicted octanol–water partition coefficient (Wildman–Crippen LogP) is 3.67. The van der Waals surface area contributed by atoms with Gasteiger partial charge in [-0.25, -0.2) is 15.0 Å². The summed E-state index contributed by atoms with van der Waals surface area (Å²) in [6, 6.07) is 5.89. The first-order valence-corrected chi connectivity index (χ1v) is 11.2. The van der Waals surface area contributed by atoms with E-state index in [-0.39, 0.29) is 52.3 Å². The number of likely N-dealkylation sites (tertiary alicyclic amines) is 1. The van der Waals surface area contributed by atoms with Crippen molar-refractivity contribution in [1.29, 1.82) is 5.26 Å². The van der Waals surface area contributed by atoms with Crippen LogP contribution >= 0.6 is 11.6 Å². The minimum Gasteiger partial charge on any atom is -0.382 e. The van der Waals surface area contributed by atoms with Gasteiger partial charge in [0.25, 0.3) is 5.56 Å². The van der Waals surface area contributed by atoms with Gasteiger partial charge in [0.1, 0.15) is 35.4 Å². The van der Waals surface area contributed by atoms with Crippen molar-refractivity contribution >= 4 is 34.1 Å². The number of aromatic nitrogens is 4. The number of halogens is 4. The van der Waals surface area contributed by atoms with Gasteiger partial charge >= 0.3 is 6.18 Å². The smallest absolute Gasteiger partial charge is 0.382 e. The maximum absolute atomic E-state index is 13.6. The average Bonchev–Trinajstić information content (AvgIpc) is 2.79. The number of piperidine rings is 1. The number of benzene rings is 1. The summed E-state index contributed by atoms with van der Waals surface area (Å²) in [4.78, 5) is 27.5. The number of nitrogens with one attached hydrogen (secondary N) is 1. The van der Waals surface area contributed by atoms with Gasteiger partial charge in [-0.15, -0.1) is 0 Å². The first-order valence-electron chi connectivity index (χ1n) is 10.9. The fraction of sp³-hybridized carbons (Fsp3) is 0.409. The Kier molecular flexibility index (Phi) is 6.82. The number of hydrogen-bond acceptors (Lipinski definition) is 8. The van der Waals surface area contributed by atoms with Crippen LogP contribution in [0.15, 0.2) is 29.3 Å². The van der Waals surface area contributed by atoms with Crippen LogP contribution < -0.4 is 16.6 Å². The van der Waals surface area contributed by atoms with E-state index in [4.69, 9.17) is 17.3 Å². The minimum absolute atomic E-state index is 0.00452. The molecule has 3 N–H and O–H groups in total. The molecule has 1 fully saturated rings. The van der Waals surface area contributed by atoms with Gasteiger partial charge in [0.2, 0.25) is 0 Å². The Balaban J connectivity index is 1.75. The fourth-order valence-electron chi connectivity index (χ4n) is 4.36. The van der Waals surface area contributed by atoms with E-state index in [0.717, 1.165) is 0 Å². The highest BCUT2D eigenvalue weighted by Gasteiger charge is 2.34. The number of nitriles is 1. The van der Waals surface area contributed by atoms with Gasteiger partial charge in [0.05, 0.1) is 28.5 Å². The molecule has 35 heavy (non-hydrogen) atoms. The lowest BCUT2D eigenvalue weighted by molar-refractivity contribution is -0.148. The summed E-state index contributed by atoms with van der Waals surface area (Å²) in [6.07, 6.45) is -2.42. The molecule has 0 amide bonds. The molecule has 1 unspecified atom stereocenters. The van der Waals surface area contributed by atoms with E-state index in [1.54, 1.807) is 25.1 Å². The molecule has 184 valence electrons. The highest BCUT2D eigenvalue weighted by molar-refractivity contribution is 6.35. The van der Waals surface area contributed by atoms with Crippen molar-refractivity contribution in [2.75, 3.05) is 30.7 Å². The number of anilines is 2. The monoisotopic (exact) mass is 506 g/mol. The Morgan fingerprint density at radius 2 is 2.03 bits per heavy atom. The molecule has 0 bridgehead atoms. The Morgan fingerprint density at radius 3 is 2.69 bits per heavy atom. The first kappa shape index (κ1) is 24.7. The summed E-state index contributed by atoms with van der Waals surface area (Å²) in [5.74, 6) is 0.532. The number of alkyl halides is 3. The molecule has 0 saturated carbocycles. The Labute approximate surface area is 203 Å². The minimum atomic E-state index is -4.29. The third-order valence-corrected chi connectivity index (χ3v) is 6.28. The van der Waals surface area contributed by atoms with Crippen molar-refractivity contribution in [3.8, 4) is 6.07 Å². The van der Waals surface area contributed by atoms with Crippen LogP contribution in [0.5, 0.6) is 0 Å². The molecule has 1 aliphatic rings. The topological polar surface area (TPSA) is 126 Å². The van der Waals surface area contributed by atoms with E-state index in [9.17, 15) is 23.2 Å². The van der Waals surface area contributed by atoms with Crippen molar-refractivity contribution in [2.45, 2.75) is 38.0 Å². The van der Waals surface area contributed by atoms with Crippen LogP contribution in [0.2, 0.25) is 5.02 Å². The predicted molar refractivity (Wildman–Crippen MR) is 125 cm³/mol. The molecule has 13 heteroatoms. The van der Waals surface area contributed by atoms with Crippen molar-refractivity contribution in [2.24, 2.45) is 0 Å². The molecular weight excluding hydrogens is 485 g/mol. The lowest BCUT2D eigenvalue weighted by Gasteiger charge is -2.34. The lowest BCUT2D eigenvalue weighted by atomic mass is 10.0. The number of nitrogens with zero attached hydrogens (tertiary/aromatic N) is 6. The van der Waals surface area contributed by atoms with Crippen molar-refractivity contribution < 1.29 is 13.2 Å². The number of rotatable bonds is 5. The van der Waals surface area contributed by atoms with Crippen LogP contribution in [0, 0.1) is 11.3 Å². The Hall–Kier alpha value is -3.43. The van der Waals surface area contributed by atoms with Crippen LogP contribution in [-0.2, 0) is 0 Å². The first-order chi connectivity index (χ1) is 16.6. The van der Waals surface area contributed by atoms with E-state index >= 15 is 0 Å². The van der Waals surface area contributed by atoms with Crippen molar-refractivity contribution in [3.05, 3.63) is 51.3 Å². The molecule has 1 aromatic carbocycles.